The Morgan fingerprint density at radius 2 is 1.93 bits per heavy atom. The molecule has 5 heteroatoms. The second-order valence-electron chi connectivity index (χ2n) is 8.46. The summed E-state index contributed by atoms with van der Waals surface area (Å²) in [5.74, 6) is 1.24. The smallest absolute Gasteiger partial charge is 0.121 e. The summed E-state index contributed by atoms with van der Waals surface area (Å²) in [7, 11) is 0. The van der Waals surface area contributed by atoms with Crippen LogP contribution >= 0.6 is 0 Å². The lowest BCUT2D eigenvalue weighted by Crippen LogP contribution is -2.42. The number of aromatic nitrogens is 3. The van der Waals surface area contributed by atoms with E-state index in [1.807, 2.05) is 18.3 Å². The molecular formula is C24H27N5. The summed E-state index contributed by atoms with van der Waals surface area (Å²) < 4.78 is 0. The minimum atomic E-state index is 0.219. The van der Waals surface area contributed by atoms with Gasteiger partial charge in [0.15, 0.2) is 0 Å². The van der Waals surface area contributed by atoms with Gasteiger partial charge in [-0.15, -0.1) is 0 Å². The number of para-hydroxylation sites is 2. The van der Waals surface area contributed by atoms with Crippen molar-refractivity contribution in [1.29, 1.82) is 5.26 Å². The molecule has 5 rings (SSSR count). The predicted octanol–water partition coefficient (Wildman–Crippen LogP) is 4.92. The molecule has 0 aliphatic heterocycles. The molecule has 29 heavy (non-hydrogen) atoms. The molecule has 2 aromatic heterocycles. The molecule has 148 valence electrons. The first-order chi connectivity index (χ1) is 14.3. The normalized spacial score (nSPS) is 24.3. The zero-order valence-corrected chi connectivity index (χ0v) is 16.7. The lowest BCUT2D eigenvalue weighted by Gasteiger charge is -2.42. The Labute approximate surface area is 171 Å². The Bertz CT molecular complexity index is 992. The maximum atomic E-state index is 9.32. The lowest BCUT2D eigenvalue weighted by atomic mass is 9.83. The van der Waals surface area contributed by atoms with Gasteiger partial charge in [0.2, 0.25) is 0 Å². The van der Waals surface area contributed by atoms with Gasteiger partial charge in [0, 0.05) is 18.2 Å². The molecule has 1 fully saturated rings. The van der Waals surface area contributed by atoms with Crippen molar-refractivity contribution in [3.8, 4) is 6.07 Å². The number of hydrogen-bond donors (Lipinski definition) is 1. The topological polar surface area (TPSA) is 68.6 Å². The maximum absolute atomic E-state index is 9.32. The van der Waals surface area contributed by atoms with Gasteiger partial charge >= 0.3 is 0 Å². The van der Waals surface area contributed by atoms with Gasteiger partial charge in [0.25, 0.3) is 0 Å². The summed E-state index contributed by atoms with van der Waals surface area (Å²) in [5, 5.41) is 9.32. The zero-order valence-electron chi connectivity index (χ0n) is 16.7. The van der Waals surface area contributed by atoms with E-state index in [0.29, 0.717) is 12.1 Å². The third-order valence-corrected chi connectivity index (χ3v) is 6.68. The molecule has 1 atom stereocenters. The van der Waals surface area contributed by atoms with Gasteiger partial charge in [-0.05, 0) is 68.7 Å². The summed E-state index contributed by atoms with van der Waals surface area (Å²) in [4.78, 5) is 15.8. The third-order valence-electron chi connectivity index (χ3n) is 6.68. The minimum Gasteiger partial charge on any atom is -0.341 e. The summed E-state index contributed by atoms with van der Waals surface area (Å²) in [6.07, 6.45) is 9.56. The molecule has 2 heterocycles. The Morgan fingerprint density at radius 3 is 2.76 bits per heavy atom. The highest BCUT2D eigenvalue weighted by Gasteiger charge is 2.34. The number of benzene rings is 1. The quantitative estimate of drug-likeness (QED) is 0.692. The molecular weight excluding hydrogens is 358 g/mol. The van der Waals surface area contributed by atoms with Crippen LogP contribution in [0.15, 0.2) is 42.6 Å². The first-order valence-corrected chi connectivity index (χ1v) is 10.8. The van der Waals surface area contributed by atoms with E-state index in [2.05, 4.69) is 40.2 Å². The summed E-state index contributed by atoms with van der Waals surface area (Å²) in [6, 6.07) is 15.8. The number of nitrogens with zero attached hydrogens (tertiary/aromatic N) is 4. The van der Waals surface area contributed by atoms with Crippen molar-refractivity contribution in [2.45, 2.75) is 63.6 Å². The van der Waals surface area contributed by atoms with Gasteiger partial charge in [0.05, 0.1) is 35.4 Å². The van der Waals surface area contributed by atoms with Crippen molar-refractivity contribution in [3.63, 3.8) is 0 Å². The van der Waals surface area contributed by atoms with E-state index in [-0.39, 0.29) is 5.92 Å². The van der Waals surface area contributed by atoms with Gasteiger partial charge in [-0.25, -0.2) is 4.98 Å². The van der Waals surface area contributed by atoms with E-state index < -0.39 is 0 Å². The van der Waals surface area contributed by atoms with Crippen LogP contribution in [0.4, 0.5) is 0 Å². The van der Waals surface area contributed by atoms with Gasteiger partial charge < -0.3 is 4.98 Å². The highest BCUT2D eigenvalue weighted by atomic mass is 15.2. The van der Waals surface area contributed by atoms with Gasteiger partial charge in [-0.3, -0.25) is 9.88 Å². The molecule has 0 bridgehead atoms. The molecule has 2 aliphatic rings. The highest BCUT2D eigenvalue weighted by molar-refractivity contribution is 5.74. The van der Waals surface area contributed by atoms with Crippen LogP contribution in [-0.4, -0.2) is 25.9 Å². The fourth-order valence-corrected chi connectivity index (χ4v) is 5.19. The first kappa shape index (κ1) is 18.3. The van der Waals surface area contributed by atoms with E-state index in [4.69, 9.17) is 9.97 Å². The Hall–Kier alpha value is -2.71. The number of aromatic amines is 1. The summed E-state index contributed by atoms with van der Waals surface area (Å²) in [5.41, 5.74) is 4.76. The van der Waals surface area contributed by atoms with Crippen LogP contribution in [0.1, 0.15) is 61.6 Å². The summed E-state index contributed by atoms with van der Waals surface area (Å²) in [6.45, 7) is 0.803. The fourth-order valence-electron chi connectivity index (χ4n) is 5.19. The van der Waals surface area contributed by atoms with Crippen molar-refractivity contribution < 1.29 is 0 Å². The van der Waals surface area contributed by atoms with Crippen molar-refractivity contribution in [2.24, 2.45) is 5.92 Å². The largest absolute Gasteiger partial charge is 0.341 e. The Morgan fingerprint density at radius 1 is 1.07 bits per heavy atom. The number of nitriles is 1. The van der Waals surface area contributed by atoms with Crippen molar-refractivity contribution >= 4 is 11.0 Å². The number of rotatable bonds is 4. The monoisotopic (exact) mass is 385 g/mol. The number of fused-ring (bicyclic) bond motifs is 2. The standard InChI is InChI=1S/C24H27N5/c25-15-17-10-12-19(13-11-17)29(16-23-27-20-7-1-2-8-21(20)28-23)22-9-3-5-18-6-4-14-26-24(18)22/h1-2,4,6-8,14,17,19,22H,3,5,9-13,16H2,(H,27,28)/t17?,19?,22-/m0/s1. The molecule has 5 nitrogen and oxygen atoms in total. The van der Waals surface area contributed by atoms with E-state index in [9.17, 15) is 5.26 Å². The predicted molar refractivity (Wildman–Crippen MR) is 113 cm³/mol. The molecule has 1 N–H and O–H groups in total. The first-order valence-electron chi connectivity index (χ1n) is 10.8. The second-order valence-corrected chi connectivity index (χ2v) is 8.46. The molecule has 2 aliphatic carbocycles. The van der Waals surface area contributed by atoms with Crippen molar-refractivity contribution in [2.75, 3.05) is 0 Å². The highest BCUT2D eigenvalue weighted by Crippen LogP contribution is 2.38. The number of aryl methyl sites for hydroxylation is 1. The number of H-pyrrole nitrogens is 1. The molecule has 1 aromatic carbocycles. The van der Waals surface area contributed by atoms with Crippen LogP contribution in [-0.2, 0) is 13.0 Å². The molecule has 0 spiro atoms. The minimum absolute atomic E-state index is 0.219. The van der Waals surface area contributed by atoms with Gasteiger partial charge in [-0.2, -0.15) is 5.26 Å². The number of imidazole rings is 1. The average molecular weight is 386 g/mol. The zero-order chi connectivity index (χ0) is 19.6. The molecule has 3 aromatic rings. The number of pyridine rings is 1. The number of hydrogen-bond acceptors (Lipinski definition) is 4. The Balaban J connectivity index is 1.47. The van der Waals surface area contributed by atoms with Crippen LogP contribution < -0.4 is 0 Å². The van der Waals surface area contributed by atoms with Crippen LogP contribution in [0.25, 0.3) is 11.0 Å². The van der Waals surface area contributed by atoms with Crippen LogP contribution in [0.2, 0.25) is 0 Å². The van der Waals surface area contributed by atoms with E-state index in [0.717, 1.165) is 61.9 Å². The maximum Gasteiger partial charge on any atom is 0.121 e. The molecule has 1 saturated carbocycles. The average Bonchev–Trinajstić information content (AvgIpc) is 3.20. The van der Waals surface area contributed by atoms with Crippen molar-refractivity contribution in [1.82, 2.24) is 19.9 Å². The third kappa shape index (κ3) is 3.65. The van der Waals surface area contributed by atoms with E-state index in [1.165, 1.54) is 17.7 Å². The van der Waals surface area contributed by atoms with Crippen LogP contribution in [0, 0.1) is 17.2 Å². The molecule has 0 radical (unpaired) electrons. The Kier molecular flexibility index (Phi) is 5.03. The van der Waals surface area contributed by atoms with E-state index in [1.54, 1.807) is 0 Å². The van der Waals surface area contributed by atoms with Crippen LogP contribution in [0.3, 0.4) is 0 Å². The van der Waals surface area contributed by atoms with Crippen LogP contribution in [0.5, 0.6) is 0 Å². The number of nitrogens with one attached hydrogen (secondary N) is 1. The second kappa shape index (κ2) is 7.96. The SMILES string of the molecule is N#CC1CCC(N(Cc2nc3ccccc3[nH]2)[C@H]2CCCc3cccnc32)CC1. The molecule has 0 saturated heterocycles. The molecule has 0 unspecified atom stereocenters. The van der Waals surface area contributed by atoms with E-state index >= 15 is 0 Å². The lowest BCUT2D eigenvalue weighted by molar-refractivity contribution is 0.0738. The van der Waals surface area contributed by atoms with Gasteiger partial charge in [-0.1, -0.05) is 18.2 Å². The summed E-state index contributed by atoms with van der Waals surface area (Å²) >= 11 is 0. The fraction of sp³-hybridized carbons (Fsp3) is 0.458. The van der Waals surface area contributed by atoms with Gasteiger partial charge in [0.1, 0.15) is 5.82 Å². The molecule has 0 amide bonds. The van der Waals surface area contributed by atoms with Crippen molar-refractivity contribution in [3.05, 3.63) is 59.7 Å².